The van der Waals surface area contributed by atoms with E-state index in [1.807, 2.05) is 26.0 Å². The number of anilines is 1. The number of benzene rings is 1. The Morgan fingerprint density at radius 2 is 1.74 bits per heavy atom. The Labute approximate surface area is 140 Å². The first-order valence-corrected chi connectivity index (χ1v) is 8.83. The Morgan fingerprint density at radius 1 is 1.13 bits per heavy atom. The Morgan fingerprint density at radius 3 is 2.26 bits per heavy atom. The van der Waals surface area contributed by atoms with Crippen molar-refractivity contribution in [3.05, 3.63) is 29.8 Å². The molecule has 4 nitrogen and oxygen atoms in total. The molecule has 1 aromatic rings. The molecule has 0 unspecified atom stereocenters. The lowest BCUT2D eigenvalue weighted by molar-refractivity contribution is -0.120. The van der Waals surface area contributed by atoms with Crippen molar-refractivity contribution >= 4 is 11.6 Å². The number of piperidine rings is 1. The molecule has 2 rings (SSSR count). The third-order valence-corrected chi connectivity index (χ3v) is 4.40. The Balaban J connectivity index is 1.80. The van der Waals surface area contributed by atoms with E-state index in [0.29, 0.717) is 18.5 Å². The van der Waals surface area contributed by atoms with Gasteiger partial charge in [0.25, 0.3) is 0 Å². The molecule has 23 heavy (non-hydrogen) atoms. The number of nitrogens with one attached hydrogen (secondary N) is 2. The highest BCUT2D eigenvalue weighted by atomic mass is 16.1. The summed E-state index contributed by atoms with van der Waals surface area (Å²) in [5, 5.41) is 6.55. The van der Waals surface area contributed by atoms with Crippen molar-refractivity contribution < 1.29 is 4.79 Å². The van der Waals surface area contributed by atoms with Crippen LogP contribution in [0.15, 0.2) is 24.3 Å². The summed E-state index contributed by atoms with van der Waals surface area (Å²) in [6.07, 6.45) is 2.83. The number of likely N-dealkylation sites (tertiary alicyclic amines) is 1. The van der Waals surface area contributed by atoms with Crippen LogP contribution >= 0.6 is 0 Å². The lowest BCUT2D eigenvalue weighted by atomic mass is 10.0. The van der Waals surface area contributed by atoms with E-state index >= 15 is 0 Å². The molecule has 0 radical (unpaired) electrons. The molecule has 0 bridgehead atoms. The molecule has 1 aliphatic heterocycles. The van der Waals surface area contributed by atoms with Gasteiger partial charge in [-0.2, -0.15) is 0 Å². The fourth-order valence-corrected chi connectivity index (χ4v) is 3.07. The van der Waals surface area contributed by atoms with Crippen molar-refractivity contribution in [3.8, 4) is 0 Å². The number of nitrogens with zero attached hydrogens (tertiary/aromatic N) is 1. The summed E-state index contributed by atoms with van der Waals surface area (Å²) in [6, 6.07) is 9.67. The topological polar surface area (TPSA) is 44.4 Å². The third-order valence-electron chi connectivity index (χ3n) is 4.40. The molecular formula is C19H31N3O. The summed E-state index contributed by atoms with van der Waals surface area (Å²) in [5.41, 5.74) is 2.21. The van der Waals surface area contributed by atoms with Gasteiger partial charge < -0.3 is 15.5 Å². The van der Waals surface area contributed by atoms with Crippen LogP contribution in [0.2, 0.25) is 0 Å². The van der Waals surface area contributed by atoms with E-state index in [0.717, 1.165) is 11.3 Å². The first-order valence-electron chi connectivity index (χ1n) is 8.83. The highest BCUT2D eigenvalue weighted by Crippen LogP contribution is 2.18. The zero-order valence-corrected chi connectivity index (χ0v) is 14.9. The van der Waals surface area contributed by atoms with Gasteiger partial charge in [0, 0.05) is 36.9 Å². The van der Waals surface area contributed by atoms with Crippen LogP contribution in [0, 0.1) is 0 Å². The first kappa shape index (κ1) is 17.8. The van der Waals surface area contributed by atoms with Crippen LogP contribution in [0.3, 0.4) is 0 Å². The number of rotatable bonds is 6. The van der Waals surface area contributed by atoms with Crippen molar-refractivity contribution in [2.75, 3.05) is 18.4 Å². The number of amides is 1. The average molecular weight is 317 g/mol. The van der Waals surface area contributed by atoms with Crippen LogP contribution < -0.4 is 10.6 Å². The van der Waals surface area contributed by atoms with E-state index in [1.165, 1.54) is 25.9 Å². The molecule has 1 amide bonds. The highest BCUT2D eigenvalue weighted by molar-refractivity contribution is 5.78. The fourth-order valence-electron chi connectivity index (χ4n) is 3.07. The predicted octanol–water partition coefficient (Wildman–Crippen LogP) is 3.04. The van der Waals surface area contributed by atoms with Gasteiger partial charge in [-0.25, -0.2) is 0 Å². The lowest BCUT2D eigenvalue weighted by Gasteiger charge is -2.35. The molecule has 1 aliphatic rings. The summed E-state index contributed by atoms with van der Waals surface area (Å²) in [4.78, 5) is 14.3. The van der Waals surface area contributed by atoms with E-state index in [2.05, 4.69) is 41.5 Å². The largest absolute Gasteiger partial charge is 0.382 e. The molecule has 0 saturated carbocycles. The second-order valence-corrected chi connectivity index (χ2v) is 7.14. The minimum atomic E-state index is 0.0850. The molecule has 1 aromatic carbocycles. The van der Waals surface area contributed by atoms with Gasteiger partial charge in [-0.3, -0.25) is 4.79 Å². The second-order valence-electron chi connectivity index (χ2n) is 7.14. The molecule has 128 valence electrons. The van der Waals surface area contributed by atoms with Crippen molar-refractivity contribution in [2.24, 2.45) is 0 Å². The highest BCUT2D eigenvalue weighted by Gasteiger charge is 2.20. The normalized spacial score (nSPS) is 16.8. The number of carbonyl (C=O) groups excluding carboxylic acids is 1. The average Bonchev–Trinajstić information content (AvgIpc) is 2.49. The van der Waals surface area contributed by atoms with Crippen LogP contribution in [0.4, 0.5) is 5.69 Å². The number of carbonyl (C=O) groups is 1. The molecule has 1 saturated heterocycles. The molecule has 0 aromatic heterocycles. The summed E-state index contributed by atoms with van der Waals surface area (Å²) < 4.78 is 0. The maximum atomic E-state index is 11.8. The summed E-state index contributed by atoms with van der Waals surface area (Å²) in [6.45, 7) is 10.8. The van der Waals surface area contributed by atoms with E-state index < -0.39 is 0 Å². The van der Waals surface area contributed by atoms with Gasteiger partial charge in [-0.05, 0) is 58.2 Å². The Hall–Kier alpha value is -1.55. The van der Waals surface area contributed by atoms with Crippen LogP contribution in [0.25, 0.3) is 0 Å². The second kappa shape index (κ2) is 8.34. The van der Waals surface area contributed by atoms with Gasteiger partial charge in [0.1, 0.15) is 0 Å². The maximum absolute atomic E-state index is 11.8. The molecule has 0 spiro atoms. The Kier molecular flexibility index (Phi) is 6.46. The van der Waals surface area contributed by atoms with Crippen molar-refractivity contribution in [1.82, 2.24) is 10.2 Å². The fraction of sp³-hybridized carbons (Fsp3) is 0.632. The smallest absolute Gasteiger partial charge is 0.224 e. The minimum Gasteiger partial charge on any atom is -0.382 e. The lowest BCUT2D eigenvalue weighted by Crippen LogP contribution is -2.42. The van der Waals surface area contributed by atoms with Gasteiger partial charge in [0.05, 0.1) is 6.42 Å². The predicted molar refractivity (Wildman–Crippen MR) is 96.8 cm³/mol. The summed E-state index contributed by atoms with van der Waals surface area (Å²) in [7, 11) is 0. The van der Waals surface area contributed by atoms with Gasteiger partial charge >= 0.3 is 0 Å². The molecule has 1 heterocycles. The monoisotopic (exact) mass is 317 g/mol. The van der Waals surface area contributed by atoms with Crippen molar-refractivity contribution in [3.63, 3.8) is 0 Å². The molecule has 4 heteroatoms. The minimum absolute atomic E-state index is 0.0850. The molecule has 0 aliphatic carbocycles. The molecular weight excluding hydrogens is 286 g/mol. The van der Waals surface area contributed by atoms with E-state index in [-0.39, 0.29) is 11.9 Å². The van der Waals surface area contributed by atoms with Crippen LogP contribution in [0.1, 0.15) is 46.1 Å². The summed E-state index contributed by atoms with van der Waals surface area (Å²) >= 11 is 0. The zero-order chi connectivity index (χ0) is 16.8. The van der Waals surface area contributed by atoms with Crippen LogP contribution in [-0.2, 0) is 11.2 Å². The van der Waals surface area contributed by atoms with E-state index in [1.54, 1.807) is 0 Å². The maximum Gasteiger partial charge on any atom is 0.224 e. The van der Waals surface area contributed by atoms with Crippen molar-refractivity contribution in [2.45, 2.75) is 65.1 Å². The van der Waals surface area contributed by atoms with Crippen molar-refractivity contribution in [1.29, 1.82) is 0 Å². The molecule has 2 N–H and O–H groups in total. The van der Waals surface area contributed by atoms with Gasteiger partial charge in [0.2, 0.25) is 5.91 Å². The Bertz CT molecular complexity index is 488. The standard InChI is InChI=1S/C19H31N3O/c1-14(2)20-19(23)13-16-5-7-17(8-6-16)21-18-9-11-22(12-10-18)15(3)4/h5-8,14-15,18,21H,9-13H2,1-4H3,(H,20,23). The van der Waals surface area contributed by atoms with Gasteiger partial charge in [-0.15, -0.1) is 0 Å². The third kappa shape index (κ3) is 5.87. The quantitative estimate of drug-likeness (QED) is 0.847. The van der Waals surface area contributed by atoms with E-state index in [4.69, 9.17) is 0 Å². The van der Waals surface area contributed by atoms with E-state index in [9.17, 15) is 4.79 Å². The van der Waals surface area contributed by atoms with Crippen LogP contribution in [-0.4, -0.2) is 42.0 Å². The molecule has 0 atom stereocenters. The van der Waals surface area contributed by atoms with Crippen LogP contribution in [0.5, 0.6) is 0 Å². The summed E-state index contributed by atoms with van der Waals surface area (Å²) in [5.74, 6) is 0.0850. The zero-order valence-electron chi connectivity index (χ0n) is 14.9. The van der Waals surface area contributed by atoms with Gasteiger partial charge in [0.15, 0.2) is 0 Å². The van der Waals surface area contributed by atoms with Gasteiger partial charge in [-0.1, -0.05) is 12.1 Å². The SMILES string of the molecule is CC(C)NC(=O)Cc1ccc(NC2CCN(C(C)C)CC2)cc1. The number of hydrogen-bond donors (Lipinski definition) is 2. The number of hydrogen-bond acceptors (Lipinski definition) is 3. The first-order chi connectivity index (χ1) is 10.9. The molecule has 1 fully saturated rings.